The normalized spacial score (nSPS) is 11.1. The van der Waals surface area contributed by atoms with Gasteiger partial charge in [0.25, 0.3) is 5.56 Å². The zero-order valence-corrected chi connectivity index (χ0v) is 16.1. The van der Waals surface area contributed by atoms with E-state index in [0.29, 0.717) is 13.0 Å². The smallest absolute Gasteiger partial charge is 0.332 e. The fraction of sp³-hybridized carbons (Fsp3) is 0.333. The van der Waals surface area contributed by atoms with Gasteiger partial charge in [0.1, 0.15) is 6.54 Å². The Kier molecular flexibility index (Phi) is 5.18. The number of carbonyl (C=O) groups is 1. The van der Waals surface area contributed by atoms with Crippen molar-refractivity contribution >= 4 is 28.7 Å². The predicted molar refractivity (Wildman–Crippen MR) is 103 cm³/mol. The average molecular weight is 390 g/mol. The van der Waals surface area contributed by atoms with Crippen molar-refractivity contribution in [3.05, 3.63) is 61.5 Å². The summed E-state index contributed by atoms with van der Waals surface area (Å²) in [7, 11) is 2.87. The number of carbonyl (C=O) groups excluding carboxylic acids is 1. The van der Waals surface area contributed by atoms with Crippen LogP contribution in [0.5, 0.6) is 0 Å². The second-order valence-corrected chi connectivity index (χ2v) is 6.71. The fourth-order valence-electron chi connectivity index (χ4n) is 2.99. The molecule has 1 amide bonds. The molecule has 0 atom stereocenters. The third-order valence-corrected chi connectivity index (χ3v) is 4.87. The van der Waals surface area contributed by atoms with Crippen LogP contribution in [0.4, 0.5) is 0 Å². The fourth-order valence-corrected chi connectivity index (χ4v) is 3.22. The Labute approximate surface area is 160 Å². The standard InChI is InChI=1S/C18H20ClN5O3/c1-11-6-4-5-7-12(11)8-9-20-13(25)10-24-14-15(21-17(24)19)22(2)18(27)23(3)16(14)26/h4-7H,8-10H2,1-3H3,(H,20,25). The highest BCUT2D eigenvalue weighted by Gasteiger charge is 2.19. The van der Waals surface area contributed by atoms with Gasteiger partial charge in [0.15, 0.2) is 11.2 Å². The molecule has 0 aliphatic rings. The van der Waals surface area contributed by atoms with Crippen LogP contribution in [-0.2, 0) is 31.9 Å². The lowest BCUT2D eigenvalue weighted by Gasteiger charge is -2.09. The number of hydrogen-bond acceptors (Lipinski definition) is 4. The van der Waals surface area contributed by atoms with E-state index in [4.69, 9.17) is 11.6 Å². The summed E-state index contributed by atoms with van der Waals surface area (Å²) in [4.78, 5) is 40.9. The van der Waals surface area contributed by atoms with Gasteiger partial charge in [0.2, 0.25) is 11.2 Å². The van der Waals surface area contributed by atoms with Gasteiger partial charge in [0.05, 0.1) is 0 Å². The molecule has 1 N–H and O–H groups in total. The number of halogens is 1. The Bertz CT molecular complexity index is 1140. The topological polar surface area (TPSA) is 90.9 Å². The van der Waals surface area contributed by atoms with Crippen LogP contribution in [-0.4, -0.2) is 31.1 Å². The van der Waals surface area contributed by atoms with Crippen LogP contribution in [0.2, 0.25) is 5.28 Å². The number of hydrogen-bond donors (Lipinski definition) is 1. The Morgan fingerprint density at radius 2 is 1.89 bits per heavy atom. The van der Waals surface area contributed by atoms with Crippen LogP contribution in [0.3, 0.4) is 0 Å². The Morgan fingerprint density at radius 1 is 1.19 bits per heavy atom. The highest BCUT2D eigenvalue weighted by atomic mass is 35.5. The first-order chi connectivity index (χ1) is 12.8. The molecule has 0 aliphatic carbocycles. The average Bonchev–Trinajstić information content (AvgIpc) is 2.96. The van der Waals surface area contributed by atoms with E-state index < -0.39 is 11.2 Å². The number of benzene rings is 1. The van der Waals surface area contributed by atoms with E-state index in [-0.39, 0.29) is 28.9 Å². The van der Waals surface area contributed by atoms with Crippen LogP contribution in [0.15, 0.2) is 33.9 Å². The molecule has 2 heterocycles. The number of nitrogens with one attached hydrogen (secondary N) is 1. The van der Waals surface area contributed by atoms with Crippen LogP contribution in [0, 0.1) is 6.92 Å². The summed E-state index contributed by atoms with van der Waals surface area (Å²) >= 11 is 6.12. The summed E-state index contributed by atoms with van der Waals surface area (Å²) in [5.41, 5.74) is 1.56. The number of nitrogens with zero attached hydrogens (tertiary/aromatic N) is 4. The molecule has 3 rings (SSSR count). The minimum absolute atomic E-state index is 0.0163. The number of fused-ring (bicyclic) bond motifs is 1. The zero-order valence-electron chi connectivity index (χ0n) is 15.3. The third-order valence-electron chi connectivity index (χ3n) is 4.58. The molecule has 0 unspecified atom stereocenters. The van der Waals surface area contributed by atoms with Crippen LogP contribution in [0.1, 0.15) is 11.1 Å². The Balaban J connectivity index is 1.79. The predicted octanol–water partition coefficient (Wildman–Crippen LogP) is 0.754. The van der Waals surface area contributed by atoms with Crippen molar-refractivity contribution in [3.63, 3.8) is 0 Å². The van der Waals surface area contributed by atoms with Gasteiger partial charge in [-0.05, 0) is 36.1 Å². The van der Waals surface area contributed by atoms with Crippen LogP contribution in [0.25, 0.3) is 11.2 Å². The number of rotatable bonds is 5. The van der Waals surface area contributed by atoms with E-state index in [1.807, 2.05) is 31.2 Å². The van der Waals surface area contributed by atoms with E-state index in [2.05, 4.69) is 10.3 Å². The maximum atomic E-state index is 12.5. The molecule has 0 fully saturated rings. The van der Waals surface area contributed by atoms with Gasteiger partial charge in [0, 0.05) is 20.6 Å². The zero-order chi connectivity index (χ0) is 19.7. The quantitative estimate of drug-likeness (QED) is 0.652. The van der Waals surface area contributed by atoms with E-state index in [9.17, 15) is 14.4 Å². The SMILES string of the molecule is Cc1ccccc1CCNC(=O)Cn1c(Cl)nc2c1c(=O)n(C)c(=O)n2C. The first-order valence-corrected chi connectivity index (χ1v) is 8.82. The monoisotopic (exact) mass is 389 g/mol. The number of aryl methyl sites for hydroxylation is 2. The van der Waals surface area contributed by atoms with Gasteiger partial charge in [-0.25, -0.2) is 4.79 Å². The van der Waals surface area contributed by atoms with Gasteiger partial charge < -0.3 is 5.32 Å². The summed E-state index contributed by atoms with van der Waals surface area (Å²) in [5, 5.41) is 2.81. The number of imidazole rings is 1. The molecule has 2 aromatic heterocycles. The molecule has 0 bridgehead atoms. The summed E-state index contributed by atoms with van der Waals surface area (Å²) in [5.74, 6) is -0.291. The molecule has 9 heteroatoms. The first-order valence-electron chi connectivity index (χ1n) is 8.44. The molecule has 0 radical (unpaired) electrons. The van der Waals surface area contributed by atoms with Gasteiger partial charge in [-0.3, -0.25) is 23.3 Å². The van der Waals surface area contributed by atoms with Gasteiger partial charge in [-0.15, -0.1) is 0 Å². The van der Waals surface area contributed by atoms with Crippen molar-refractivity contribution in [3.8, 4) is 0 Å². The molecule has 0 saturated heterocycles. The first kappa shape index (κ1) is 18.9. The largest absolute Gasteiger partial charge is 0.354 e. The molecule has 0 spiro atoms. The third kappa shape index (κ3) is 3.52. The molecular weight excluding hydrogens is 370 g/mol. The van der Waals surface area contributed by atoms with Crippen molar-refractivity contribution in [2.24, 2.45) is 14.1 Å². The minimum atomic E-state index is -0.541. The van der Waals surface area contributed by atoms with Crippen molar-refractivity contribution in [2.75, 3.05) is 6.54 Å². The number of aromatic nitrogens is 4. The maximum absolute atomic E-state index is 12.5. The summed E-state index contributed by atoms with van der Waals surface area (Å²) in [6, 6.07) is 7.97. The molecule has 142 valence electrons. The second kappa shape index (κ2) is 7.40. The van der Waals surface area contributed by atoms with Crippen molar-refractivity contribution in [2.45, 2.75) is 19.9 Å². The summed E-state index contributed by atoms with van der Waals surface area (Å²) < 4.78 is 3.52. The van der Waals surface area contributed by atoms with Gasteiger partial charge in [-0.1, -0.05) is 24.3 Å². The van der Waals surface area contributed by atoms with Gasteiger partial charge in [-0.2, -0.15) is 4.98 Å². The van der Waals surface area contributed by atoms with Gasteiger partial charge >= 0.3 is 5.69 Å². The van der Waals surface area contributed by atoms with E-state index in [1.165, 1.54) is 28.8 Å². The van der Waals surface area contributed by atoms with E-state index in [1.54, 1.807) is 0 Å². The molecule has 0 saturated carbocycles. The molecule has 8 nitrogen and oxygen atoms in total. The molecule has 27 heavy (non-hydrogen) atoms. The lowest BCUT2D eigenvalue weighted by Crippen LogP contribution is -2.38. The molecular formula is C18H20ClN5O3. The summed E-state index contributed by atoms with van der Waals surface area (Å²) in [6.45, 7) is 2.33. The Hall–Kier alpha value is -2.87. The van der Waals surface area contributed by atoms with Crippen molar-refractivity contribution in [1.29, 1.82) is 0 Å². The summed E-state index contributed by atoms with van der Waals surface area (Å²) in [6.07, 6.45) is 0.701. The number of amides is 1. The molecule has 0 aliphatic heterocycles. The van der Waals surface area contributed by atoms with E-state index >= 15 is 0 Å². The van der Waals surface area contributed by atoms with Crippen LogP contribution >= 0.6 is 11.6 Å². The Morgan fingerprint density at radius 3 is 2.59 bits per heavy atom. The lowest BCUT2D eigenvalue weighted by molar-refractivity contribution is -0.121. The van der Waals surface area contributed by atoms with Crippen LogP contribution < -0.4 is 16.6 Å². The van der Waals surface area contributed by atoms with Crippen molar-refractivity contribution in [1.82, 2.24) is 24.0 Å². The second-order valence-electron chi connectivity index (χ2n) is 6.37. The van der Waals surface area contributed by atoms with Crippen molar-refractivity contribution < 1.29 is 4.79 Å². The highest BCUT2D eigenvalue weighted by Crippen LogP contribution is 2.15. The molecule has 1 aromatic carbocycles. The lowest BCUT2D eigenvalue weighted by atomic mass is 10.1. The highest BCUT2D eigenvalue weighted by molar-refractivity contribution is 6.29. The molecule has 3 aromatic rings. The minimum Gasteiger partial charge on any atom is -0.354 e. The van der Waals surface area contributed by atoms with E-state index in [0.717, 1.165) is 10.1 Å². The maximum Gasteiger partial charge on any atom is 0.332 e.